The number of rotatable bonds is 1. The molecule has 1 aliphatic carbocycles. The van der Waals surface area contributed by atoms with Crippen LogP contribution in [-0.4, -0.2) is 12.1 Å². The smallest absolute Gasteiger partial charge is 0.302 e. The Labute approximate surface area is 61.6 Å². The topological polar surface area (TPSA) is 26.3 Å². The maximum absolute atomic E-state index is 10.5. The molecule has 1 fully saturated rings. The first kappa shape index (κ1) is 7.58. The van der Waals surface area contributed by atoms with Crippen molar-refractivity contribution in [3.63, 3.8) is 0 Å². The van der Waals surface area contributed by atoms with Gasteiger partial charge in [-0.05, 0) is 32.1 Å². The van der Waals surface area contributed by atoms with Gasteiger partial charge in [0.1, 0.15) is 6.10 Å². The molecule has 2 heteroatoms. The van der Waals surface area contributed by atoms with E-state index in [4.69, 9.17) is 4.74 Å². The third-order valence-electron chi connectivity index (χ3n) is 1.70. The number of carbonyl (C=O) groups excluding carboxylic acids is 1. The number of hydrogen-bond donors (Lipinski definition) is 0. The summed E-state index contributed by atoms with van der Waals surface area (Å²) in [6.07, 6.45) is 6.69. The minimum Gasteiger partial charge on any atom is -0.463 e. The summed E-state index contributed by atoms with van der Waals surface area (Å²) in [6, 6.07) is 0. The first-order chi connectivity index (χ1) is 4.79. The van der Waals surface area contributed by atoms with Crippen LogP contribution in [0.1, 0.15) is 32.6 Å². The number of esters is 1. The van der Waals surface area contributed by atoms with Crippen LogP contribution in [0, 0.1) is 6.42 Å². The molecule has 0 aromatic carbocycles. The standard InChI is InChI=1S/C8H13O2/c1-7(9)10-8-5-3-2-4-6-8/h3,8H,2,4-6H2,1H3. The molecule has 0 spiro atoms. The first-order valence-corrected chi connectivity index (χ1v) is 3.78. The highest BCUT2D eigenvalue weighted by Crippen LogP contribution is 2.19. The van der Waals surface area contributed by atoms with Crippen LogP contribution < -0.4 is 0 Å². The van der Waals surface area contributed by atoms with Crippen LogP contribution in [0.2, 0.25) is 0 Å². The molecule has 1 saturated carbocycles. The average Bonchev–Trinajstić information content (AvgIpc) is 1.88. The Morgan fingerprint density at radius 3 is 3.00 bits per heavy atom. The van der Waals surface area contributed by atoms with Gasteiger partial charge in [-0.3, -0.25) is 4.79 Å². The minimum atomic E-state index is -0.152. The predicted molar refractivity (Wildman–Crippen MR) is 38.3 cm³/mol. The summed E-state index contributed by atoms with van der Waals surface area (Å²) in [4.78, 5) is 10.5. The van der Waals surface area contributed by atoms with Gasteiger partial charge in [0.15, 0.2) is 0 Å². The average molecular weight is 141 g/mol. The van der Waals surface area contributed by atoms with Crippen LogP contribution >= 0.6 is 0 Å². The molecular weight excluding hydrogens is 128 g/mol. The van der Waals surface area contributed by atoms with E-state index in [1.165, 1.54) is 13.3 Å². The summed E-state index contributed by atoms with van der Waals surface area (Å²) < 4.78 is 5.02. The SMILES string of the molecule is CC(=O)OC1C[CH]CCC1. The summed E-state index contributed by atoms with van der Waals surface area (Å²) in [5.41, 5.74) is 0. The van der Waals surface area contributed by atoms with Crippen LogP contribution in [-0.2, 0) is 9.53 Å². The maximum atomic E-state index is 10.5. The van der Waals surface area contributed by atoms with Crippen molar-refractivity contribution < 1.29 is 9.53 Å². The van der Waals surface area contributed by atoms with Gasteiger partial charge in [0.05, 0.1) is 0 Å². The van der Waals surface area contributed by atoms with E-state index in [-0.39, 0.29) is 12.1 Å². The lowest BCUT2D eigenvalue weighted by atomic mass is 9.98. The lowest BCUT2D eigenvalue weighted by molar-refractivity contribution is -0.147. The van der Waals surface area contributed by atoms with Crippen LogP contribution in [0.15, 0.2) is 0 Å². The normalized spacial score (nSPS) is 20.5. The van der Waals surface area contributed by atoms with Crippen molar-refractivity contribution in [1.82, 2.24) is 0 Å². The minimum absolute atomic E-state index is 0.152. The van der Waals surface area contributed by atoms with Crippen molar-refractivity contribution in [3.8, 4) is 0 Å². The van der Waals surface area contributed by atoms with Crippen molar-refractivity contribution in [2.24, 2.45) is 0 Å². The van der Waals surface area contributed by atoms with Crippen LogP contribution in [0.4, 0.5) is 0 Å². The third-order valence-corrected chi connectivity index (χ3v) is 1.70. The summed E-state index contributed by atoms with van der Waals surface area (Å²) in [5.74, 6) is -0.152. The van der Waals surface area contributed by atoms with Crippen molar-refractivity contribution in [2.45, 2.75) is 38.7 Å². The molecule has 57 valence electrons. The molecule has 0 saturated heterocycles. The van der Waals surface area contributed by atoms with Crippen molar-refractivity contribution in [1.29, 1.82) is 0 Å². The number of carbonyl (C=O) groups is 1. The molecule has 1 unspecified atom stereocenters. The lowest BCUT2D eigenvalue weighted by Crippen LogP contribution is -2.19. The van der Waals surface area contributed by atoms with Gasteiger partial charge in [-0.25, -0.2) is 0 Å². The van der Waals surface area contributed by atoms with Gasteiger partial charge in [0.25, 0.3) is 0 Å². The summed E-state index contributed by atoms with van der Waals surface area (Å²) in [6.45, 7) is 1.47. The fourth-order valence-electron chi connectivity index (χ4n) is 1.25. The van der Waals surface area contributed by atoms with E-state index >= 15 is 0 Å². The Bertz CT molecular complexity index is 114. The zero-order chi connectivity index (χ0) is 7.40. The molecular formula is C8H13O2. The highest BCUT2D eigenvalue weighted by atomic mass is 16.5. The summed E-state index contributed by atoms with van der Waals surface area (Å²) in [5, 5.41) is 0. The number of hydrogen-bond acceptors (Lipinski definition) is 2. The second-order valence-electron chi connectivity index (χ2n) is 2.69. The van der Waals surface area contributed by atoms with Crippen LogP contribution in [0.5, 0.6) is 0 Å². The summed E-state index contributed by atoms with van der Waals surface area (Å²) in [7, 11) is 0. The van der Waals surface area contributed by atoms with Gasteiger partial charge in [-0.15, -0.1) is 0 Å². The quantitative estimate of drug-likeness (QED) is 0.519. The molecule has 1 rings (SSSR count). The van der Waals surface area contributed by atoms with Crippen LogP contribution in [0.3, 0.4) is 0 Å². The molecule has 1 radical (unpaired) electrons. The monoisotopic (exact) mass is 141 g/mol. The Balaban J connectivity index is 2.19. The molecule has 10 heavy (non-hydrogen) atoms. The van der Waals surface area contributed by atoms with E-state index in [1.807, 2.05) is 0 Å². The van der Waals surface area contributed by atoms with Gasteiger partial charge < -0.3 is 4.74 Å². The molecule has 0 bridgehead atoms. The van der Waals surface area contributed by atoms with Gasteiger partial charge in [0, 0.05) is 6.92 Å². The second kappa shape index (κ2) is 3.59. The van der Waals surface area contributed by atoms with Crippen molar-refractivity contribution >= 4 is 5.97 Å². The largest absolute Gasteiger partial charge is 0.463 e. The maximum Gasteiger partial charge on any atom is 0.302 e. The third kappa shape index (κ3) is 2.38. The first-order valence-electron chi connectivity index (χ1n) is 3.78. The molecule has 0 heterocycles. The van der Waals surface area contributed by atoms with Crippen molar-refractivity contribution in [2.75, 3.05) is 0 Å². The molecule has 1 aliphatic rings. The van der Waals surface area contributed by atoms with Gasteiger partial charge in [-0.1, -0.05) is 0 Å². The van der Waals surface area contributed by atoms with E-state index in [0.29, 0.717) is 0 Å². The molecule has 0 aromatic heterocycles. The molecule has 0 N–H and O–H groups in total. The molecule has 1 atom stereocenters. The Morgan fingerprint density at radius 1 is 1.70 bits per heavy atom. The fraction of sp³-hybridized carbons (Fsp3) is 0.750. The second-order valence-corrected chi connectivity index (χ2v) is 2.69. The molecule has 0 aromatic rings. The van der Waals surface area contributed by atoms with E-state index in [2.05, 4.69) is 6.42 Å². The Hall–Kier alpha value is -0.530. The predicted octanol–water partition coefficient (Wildman–Crippen LogP) is 1.70. The van der Waals surface area contributed by atoms with E-state index < -0.39 is 0 Å². The molecule has 0 amide bonds. The summed E-state index contributed by atoms with van der Waals surface area (Å²) >= 11 is 0. The zero-order valence-corrected chi connectivity index (χ0v) is 6.30. The van der Waals surface area contributed by atoms with Gasteiger partial charge in [-0.2, -0.15) is 0 Å². The lowest BCUT2D eigenvalue weighted by Gasteiger charge is -2.20. The Kier molecular flexibility index (Phi) is 2.72. The Morgan fingerprint density at radius 2 is 2.50 bits per heavy atom. The highest BCUT2D eigenvalue weighted by molar-refractivity contribution is 5.66. The van der Waals surface area contributed by atoms with E-state index in [1.54, 1.807) is 0 Å². The van der Waals surface area contributed by atoms with Crippen LogP contribution in [0.25, 0.3) is 0 Å². The van der Waals surface area contributed by atoms with E-state index in [9.17, 15) is 4.79 Å². The van der Waals surface area contributed by atoms with Gasteiger partial charge in [0.2, 0.25) is 0 Å². The fourth-order valence-corrected chi connectivity index (χ4v) is 1.25. The van der Waals surface area contributed by atoms with Crippen molar-refractivity contribution in [3.05, 3.63) is 6.42 Å². The van der Waals surface area contributed by atoms with Gasteiger partial charge >= 0.3 is 5.97 Å². The van der Waals surface area contributed by atoms with E-state index in [0.717, 1.165) is 19.3 Å². The molecule has 2 nitrogen and oxygen atoms in total. The molecule has 0 aliphatic heterocycles. The number of ether oxygens (including phenoxy) is 1. The zero-order valence-electron chi connectivity index (χ0n) is 6.30. The highest BCUT2D eigenvalue weighted by Gasteiger charge is 2.15.